The van der Waals surface area contributed by atoms with Gasteiger partial charge in [0, 0.05) is 24.4 Å². The highest BCUT2D eigenvalue weighted by molar-refractivity contribution is 5.92. The van der Waals surface area contributed by atoms with E-state index in [1.165, 1.54) is 6.07 Å². The summed E-state index contributed by atoms with van der Waals surface area (Å²) in [5.74, 6) is 0. The summed E-state index contributed by atoms with van der Waals surface area (Å²) < 4.78 is 46.8. The zero-order chi connectivity index (χ0) is 25.2. The lowest BCUT2D eigenvalue weighted by Crippen LogP contribution is -2.11. The molecule has 0 aliphatic rings. The lowest BCUT2D eigenvalue weighted by molar-refractivity contribution is -0.141. The molecule has 1 N–H and O–H groups in total. The molecule has 0 bridgehead atoms. The molecule has 4 aromatic rings. The molecule has 0 saturated carbocycles. The molecular formula is C25H27F3N6O. The molecule has 35 heavy (non-hydrogen) atoms. The van der Waals surface area contributed by atoms with E-state index in [-0.39, 0.29) is 18.3 Å². The Bertz CT molecular complexity index is 1330. The van der Waals surface area contributed by atoms with Gasteiger partial charge in [-0.25, -0.2) is 9.97 Å². The first kappa shape index (κ1) is 24.6. The summed E-state index contributed by atoms with van der Waals surface area (Å²) in [6.45, 7) is 8.83. The van der Waals surface area contributed by atoms with Gasteiger partial charge in [0.2, 0.25) is 0 Å². The Morgan fingerprint density at radius 1 is 1.11 bits per heavy atom. The molecule has 0 amide bonds. The maximum atomic E-state index is 13.1. The molecule has 0 atom stereocenters. The standard InChI is InChI=1S/C25H27F3N6O/c1-5-35-14-21-18(9-7-11-29-21)19-12-20(24-23(32-19)16(4)33-34(24)15(2)3)30-13-17-8-6-10-22(31-17)25(26,27)28/h6-12,15H,5,13-14H2,1-4H3,(H,30,32). The Morgan fingerprint density at radius 3 is 2.63 bits per heavy atom. The van der Waals surface area contributed by atoms with Crippen LogP contribution in [0.3, 0.4) is 0 Å². The van der Waals surface area contributed by atoms with Crippen molar-refractivity contribution < 1.29 is 17.9 Å². The minimum absolute atomic E-state index is 0.0537. The summed E-state index contributed by atoms with van der Waals surface area (Å²) in [6.07, 6.45) is -2.80. The van der Waals surface area contributed by atoms with E-state index in [1.54, 1.807) is 12.3 Å². The number of fused-ring (bicyclic) bond motifs is 1. The monoisotopic (exact) mass is 484 g/mol. The smallest absolute Gasteiger partial charge is 0.378 e. The Labute approximate surface area is 201 Å². The van der Waals surface area contributed by atoms with Gasteiger partial charge in [-0.3, -0.25) is 9.67 Å². The predicted octanol–water partition coefficient (Wildman–Crippen LogP) is 5.95. The number of alkyl halides is 3. The third kappa shape index (κ3) is 5.27. The van der Waals surface area contributed by atoms with Crippen LogP contribution in [0.25, 0.3) is 22.3 Å². The van der Waals surface area contributed by atoms with Gasteiger partial charge in [0.05, 0.1) is 41.6 Å². The second-order valence-electron chi connectivity index (χ2n) is 8.38. The minimum Gasteiger partial charge on any atom is -0.378 e. The van der Waals surface area contributed by atoms with Gasteiger partial charge in [-0.2, -0.15) is 18.3 Å². The maximum Gasteiger partial charge on any atom is 0.433 e. The van der Waals surface area contributed by atoms with Crippen LogP contribution >= 0.6 is 0 Å². The van der Waals surface area contributed by atoms with Crippen molar-refractivity contribution in [2.45, 2.75) is 53.1 Å². The Morgan fingerprint density at radius 2 is 1.91 bits per heavy atom. The first-order valence-corrected chi connectivity index (χ1v) is 11.4. The number of nitrogens with one attached hydrogen (secondary N) is 1. The van der Waals surface area contributed by atoms with E-state index in [4.69, 9.17) is 9.72 Å². The average molecular weight is 485 g/mol. The topological polar surface area (TPSA) is 77.8 Å². The van der Waals surface area contributed by atoms with Crippen LogP contribution in [0.4, 0.5) is 18.9 Å². The quantitative estimate of drug-likeness (QED) is 0.333. The molecule has 7 nitrogen and oxygen atoms in total. The first-order valence-electron chi connectivity index (χ1n) is 11.4. The normalized spacial score (nSPS) is 12.0. The average Bonchev–Trinajstić information content (AvgIpc) is 3.18. The summed E-state index contributed by atoms with van der Waals surface area (Å²) in [5, 5.41) is 7.95. The number of halogens is 3. The van der Waals surface area contributed by atoms with Gasteiger partial charge in [-0.15, -0.1) is 0 Å². The van der Waals surface area contributed by atoms with Gasteiger partial charge < -0.3 is 10.1 Å². The van der Waals surface area contributed by atoms with E-state index in [9.17, 15) is 13.2 Å². The number of anilines is 1. The second-order valence-corrected chi connectivity index (χ2v) is 8.38. The van der Waals surface area contributed by atoms with Crippen LogP contribution in [0.2, 0.25) is 0 Å². The molecule has 0 fully saturated rings. The van der Waals surface area contributed by atoms with Crippen molar-refractivity contribution in [2.75, 3.05) is 11.9 Å². The van der Waals surface area contributed by atoms with Crippen molar-refractivity contribution in [2.24, 2.45) is 0 Å². The fraction of sp³-hybridized carbons (Fsp3) is 0.360. The highest BCUT2D eigenvalue weighted by atomic mass is 19.4. The number of hydrogen-bond donors (Lipinski definition) is 1. The number of aryl methyl sites for hydroxylation is 1. The van der Waals surface area contributed by atoms with Gasteiger partial charge in [0.15, 0.2) is 0 Å². The lowest BCUT2D eigenvalue weighted by Gasteiger charge is -2.15. The number of ether oxygens (including phenoxy) is 1. The predicted molar refractivity (Wildman–Crippen MR) is 128 cm³/mol. The molecule has 4 heterocycles. The molecule has 4 rings (SSSR count). The summed E-state index contributed by atoms with van der Waals surface area (Å²) in [6, 6.07) is 9.58. The van der Waals surface area contributed by atoms with E-state index in [0.717, 1.165) is 28.5 Å². The summed E-state index contributed by atoms with van der Waals surface area (Å²) in [5.41, 5.74) is 4.54. The molecule has 0 aromatic carbocycles. The Hall–Kier alpha value is -3.53. The molecule has 0 unspecified atom stereocenters. The van der Waals surface area contributed by atoms with Gasteiger partial charge >= 0.3 is 6.18 Å². The van der Waals surface area contributed by atoms with Crippen LogP contribution in [0.1, 0.15) is 49.6 Å². The van der Waals surface area contributed by atoms with Crippen molar-refractivity contribution in [3.8, 4) is 11.3 Å². The molecule has 10 heteroatoms. The zero-order valence-corrected chi connectivity index (χ0v) is 20.0. The first-order chi connectivity index (χ1) is 16.7. The van der Waals surface area contributed by atoms with Crippen molar-refractivity contribution in [3.05, 3.63) is 65.4 Å². The van der Waals surface area contributed by atoms with Crippen molar-refractivity contribution in [3.63, 3.8) is 0 Å². The fourth-order valence-corrected chi connectivity index (χ4v) is 3.83. The molecule has 0 saturated heterocycles. The number of hydrogen-bond acceptors (Lipinski definition) is 6. The molecule has 0 aliphatic carbocycles. The van der Waals surface area contributed by atoms with E-state index in [1.807, 2.05) is 50.6 Å². The van der Waals surface area contributed by atoms with Gasteiger partial charge in [-0.1, -0.05) is 6.07 Å². The van der Waals surface area contributed by atoms with Crippen LogP contribution in [0.15, 0.2) is 42.6 Å². The number of aromatic nitrogens is 5. The third-order valence-corrected chi connectivity index (χ3v) is 5.48. The van der Waals surface area contributed by atoms with Crippen LogP contribution in [0, 0.1) is 6.92 Å². The summed E-state index contributed by atoms with van der Waals surface area (Å²) in [4.78, 5) is 13.1. The Kier molecular flexibility index (Phi) is 7.02. The number of nitrogens with zero attached hydrogens (tertiary/aromatic N) is 5. The number of pyridine rings is 3. The van der Waals surface area contributed by atoms with E-state index < -0.39 is 11.9 Å². The Balaban J connectivity index is 1.80. The highest BCUT2D eigenvalue weighted by Crippen LogP contribution is 2.33. The van der Waals surface area contributed by atoms with Crippen molar-refractivity contribution in [1.82, 2.24) is 24.7 Å². The molecule has 184 valence electrons. The zero-order valence-electron chi connectivity index (χ0n) is 20.0. The van der Waals surface area contributed by atoms with E-state index >= 15 is 0 Å². The fourth-order valence-electron chi connectivity index (χ4n) is 3.83. The molecule has 0 spiro atoms. The largest absolute Gasteiger partial charge is 0.433 e. The summed E-state index contributed by atoms with van der Waals surface area (Å²) >= 11 is 0. The minimum atomic E-state index is -4.50. The van der Waals surface area contributed by atoms with Gasteiger partial charge in [-0.05, 0) is 58.0 Å². The molecule has 0 aliphatic heterocycles. The molecular weight excluding hydrogens is 457 g/mol. The molecule has 0 radical (unpaired) electrons. The maximum absolute atomic E-state index is 13.1. The van der Waals surface area contributed by atoms with Crippen molar-refractivity contribution >= 4 is 16.7 Å². The SMILES string of the molecule is CCOCc1ncccc1-c1cc(NCc2cccc(C(F)(F)F)n2)c2c(n1)c(C)nn2C(C)C. The third-order valence-electron chi connectivity index (χ3n) is 5.48. The lowest BCUT2D eigenvalue weighted by atomic mass is 10.1. The number of rotatable bonds is 8. The highest BCUT2D eigenvalue weighted by Gasteiger charge is 2.32. The van der Waals surface area contributed by atoms with Crippen LogP contribution < -0.4 is 5.32 Å². The van der Waals surface area contributed by atoms with Crippen molar-refractivity contribution in [1.29, 1.82) is 0 Å². The van der Waals surface area contributed by atoms with Crippen LogP contribution in [-0.4, -0.2) is 31.3 Å². The van der Waals surface area contributed by atoms with E-state index in [2.05, 4.69) is 20.4 Å². The summed E-state index contributed by atoms with van der Waals surface area (Å²) in [7, 11) is 0. The van der Waals surface area contributed by atoms with Crippen LogP contribution in [-0.2, 0) is 24.1 Å². The van der Waals surface area contributed by atoms with E-state index in [0.29, 0.717) is 30.1 Å². The van der Waals surface area contributed by atoms with Gasteiger partial charge in [0.1, 0.15) is 16.7 Å². The molecule has 4 aromatic heterocycles. The second kappa shape index (κ2) is 9.99. The van der Waals surface area contributed by atoms with Crippen LogP contribution in [0.5, 0.6) is 0 Å². The van der Waals surface area contributed by atoms with Gasteiger partial charge in [0.25, 0.3) is 0 Å².